The highest BCUT2D eigenvalue weighted by Crippen LogP contribution is 2.34. The number of alkyl halides is 3. The Hall–Kier alpha value is -3.61. The minimum Gasteiger partial charge on any atom is -0.379 e. The molecule has 2 aliphatic heterocycles. The molecule has 1 unspecified atom stereocenters. The van der Waals surface area contributed by atoms with Gasteiger partial charge in [-0.25, -0.2) is 9.40 Å². The Bertz CT molecular complexity index is 1370. The third kappa shape index (κ3) is 7.00. The molecule has 5 rings (SSSR count). The van der Waals surface area contributed by atoms with Gasteiger partial charge in [-0.05, 0) is 53.4 Å². The summed E-state index contributed by atoms with van der Waals surface area (Å²) in [5, 5.41) is 7.86. The summed E-state index contributed by atoms with van der Waals surface area (Å²) in [4.78, 5) is 31.6. The summed E-state index contributed by atoms with van der Waals surface area (Å²) >= 11 is 1.49. The van der Waals surface area contributed by atoms with Crippen LogP contribution in [-0.4, -0.2) is 78.3 Å². The second-order valence-electron chi connectivity index (χ2n) is 9.79. The van der Waals surface area contributed by atoms with Crippen LogP contribution >= 0.6 is 11.3 Å². The first-order valence-electron chi connectivity index (χ1n) is 13.1. The lowest BCUT2D eigenvalue weighted by Gasteiger charge is -2.31. The predicted octanol–water partition coefficient (Wildman–Crippen LogP) is 5.06. The van der Waals surface area contributed by atoms with E-state index in [-0.39, 0.29) is 18.7 Å². The first-order chi connectivity index (χ1) is 19.7. The van der Waals surface area contributed by atoms with E-state index in [9.17, 15) is 27.2 Å². The van der Waals surface area contributed by atoms with Crippen LogP contribution in [0.5, 0.6) is 0 Å². The van der Waals surface area contributed by atoms with E-state index in [1.165, 1.54) is 33.4 Å². The normalized spacial score (nSPS) is 17.9. The van der Waals surface area contributed by atoms with Gasteiger partial charge in [0.25, 0.3) is 11.8 Å². The van der Waals surface area contributed by atoms with Gasteiger partial charge in [0.05, 0.1) is 35.4 Å². The van der Waals surface area contributed by atoms with Crippen LogP contribution in [0.4, 0.5) is 17.6 Å². The molecule has 2 aliphatic rings. The van der Waals surface area contributed by atoms with E-state index in [4.69, 9.17) is 4.74 Å². The number of hydrazone groups is 1. The van der Waals surface area contributed by atoms with Gasteiger partial charge < -0.3 is 9.64 Å². The summed E-state index contributed by atoms with van der Waals surface area (Å²) in [5.41, 5.74) is 0.590. The molecule has 0 saturated carbocycles. The number of benzene rings is 2. The molecule has 12 heteroatoms. The summed E-state index contributed by atoms with van der Waals surface area (Å²) in [6.45, 7) is 2.77. The Labute approximate surface area is 238 Å². The Balaban J connectivity index is 1.39. The van der Waals surface area contributed by atoms with E-state index in [0.29, 0.717) is 50.5 Å². The van der Waals surface area contributed by atoms with Crippen molar-refractivity contribution < 1.29 is 31.9 Å². The lowest BCUT2D eigenvalue weighted by molar-refractivity contribution is -0.137. The lowest BCUT2D eigenvalue weighted by Crippen LogP contribution is -2.46. The Kier molecular flexibility index (Phi) is 8.81. The van der Waals surface area contributed by atoms with Crippen molar-refractivity contribution in [2.45, 2.75) is 18.6 Å². The summed E-state index contributed by atoms with van der Waals surface area (Å²) < 4.78 is 58.3. The number of halogens is 4. The fraction of sp³-hybridized carbons (Fsp3) is 0.345. The Morgan fingerprint density at radius 2 is 1.73 bits per heavy atom. The number of nitrogens with zero attached hydrogens (tertiary/aromatic N) is 4. The van der Waals surface area contributed by atoms with E-state index < -0.39 is 35.4 Å². The molecule has 3 aromatic rings. The molecule has 1 fully saturated rings. The van der Waals surface area contributed by atoms with E-state index in [2.05, 4.69) is 10.0 Å². The lowest BCUT2D eigenvalue weighted by atomic mass is 10.0. The molecule has 0 spiro atoms. The Morgan fingerprint density at radius 3 is 2.37 bits per heavy atom. The van der Waals surface area contributed by atoms with Crippen molar-refractivity contribution in [3.63, 3.8) is 0 Å². The zero-order valence-electron chi connectivity index (χ0n) is 22.0. The van der Waals surface area contributed by atoms with Crippen LogP contribution in [0, 0.1) is 5.82 Å². The molecule has 7 nitrogen and oxygen atoms in total. The highest BCUT2D eigenvalue weighted by atomic mass is 32.1. The van der Waals surface area contributed by atoms with E-state index in [1.807, 2.05) is 17.5 Å². The van der Waals surface area contributed by atoms with Gasteiger partial charge in [-0.1, -0.05) is 18.2 Å². The standard InChI is InChI=1S/C29H28F4N4O3S/c30-23-9-5-20(6-10-23)25-18-24(26-2-1-17-41-26)34-37(25)27(38)19-36(12-11-35-13-15-40-16-14-35)28(39)21-3-7-22(8-4-21)29(31,32)33/h1-10,17,25H,11-16,18-19H2. The van der Waals surface area contributed by atoms with Crippen LogP contribution in [0.2, 0.25) is 0 Å². The SMILES string of the molecule is O=C(c1ccc(C(F)(F)F)cc1)N(CCN1CCOCC1)CC(=O)N1N=C(c2cccs2)CC1c1ccc(F)cc1. The molecule has 1 saturated heterocycles. The van der Waals surface area contributed by atoms with Crippen LogP contribution in [0.1, 0.15) is 38.8 Å². The molecular weight excluding hydrogens is 560 g/mol. The van der Waals surface area contributed by atoms with Crippen molar-refractivity contribution in [3.05, 3.63) is 93.4 Å². The fourth-order valence-electron chi connectivity index (χ4n) is 4.84. The van der Waals surface area contributed by atoms with Gasteiger partial charge in [0.1, 0.15) is 12.4 Å². The number of rotatable bonds is 8. The minimum absolute atomic E-state index is 0.0482. The number of carbonyl (C=O) groups is 2. The van der Waals surface area contributed by atoms with Gasteiger partial charge in [-0.15, -0.1) is 11.3 Å². The molecule has 0 aliphatic carbocycles. The zero-order chi connectivity index (χ0) is 29.0. The van der Waals surface area contributed by atoms with E-state index in [0.717, 1.165) is 29.1 Å². The first-order valence-corrected chi connectivity index (χ1v) is 14.0. The highest BCUT2D eigenvalue weighted by molar-refractivity contribution is 7.12. The molecule has 2 aromatic carbocycles. The van der Waals surface area contributed by atoms with Crippen LogP contribution in [-0.2, 0) is 15.7 Å². The van der Waals surface area contributed by atoms with Gasteiger partial charge in [0.2, 0.25) is 0 Å². The molecule has 3 heterocycles. The van der Waals surface area contributed by atoms with E-state index in [1.54, 1.807) is 12.1 Å². The van der Waals surface area contributed by atoms with Gasteiger partial charge in [0, 0.05) is 38.2 Å². The van der Waals surface area contributed by atoms with Crippen molar-refractivity contribution in [3.8, 4) is 0 Å². The van der Waals surface area contributed by atoms with Gasteiger partial charge >= 0.3 is 6.18 Å². The average Bonchev–Trinajstić information content (AvgIpc) is 3.66. The van der Waals surface area contributed by atoms with Gasteiger partial charge in [-0.2, -0.15) is 18.3 Å². The smallest absolute Gasteiger partial charge is 0.379 e. The molecule has 41 heavy (non-hydrogen) atoms. The van der Waals surface area contributed by atoms with Crippen LogP contribution in [0.15, 0.2) is 71.1 Å². The number of carbonyl (C=O) groups excluding carboxylic acids is 2. The second-order valence-corrected chi connectivity index (χ2v) is 10.7. The van der Waals surface area contributed by atoms with Crippen LogP contribution < -0.4 is 0 Å². The van der Waals surface area contributed by atoms with Gasteiger partial charge in [-0.3, -0.25) is 14.5 Å². The van der Waals surface area contributed by atoms with Gasteiger partial charge in [0.15, 0.2) is 0 Å². The molecule has 2 amide bonds. The molecule has 0 radical (unpaired) electrons. The van der Waals surface area contributed by atoms with Crippen LogP contribution in [0.25, 0.3) is 0 Å². The van der Waals surface area contributed by atoms with Crippen molar-refractivity contribution in [1.82, 2.24) is 14.8 Å². The summed E-state index contributed by atoms with van der Waals surface area (Å²) in [7, 11) is 0. The number of hydrogen-bond donors (Lipinski definition) is 0. The summed E-state index contributed by atoms with van der Waals surface area (Å²) in [5.74, 6) is -1.41. The number of ether oxygens (including phenoxy) is 1. The predicted molar refractivity (Wildman–Crippen MR) is 146 cm³/mol. The van der Waals surface area contributed by atoms with Crippen molar-refractivity contribution in [2.75, 3.05) is 45.9 Å². The minimum atomic E-state index is -4.53. The second kappa shape index (κ2) is 12.5. The topological polar surface area (TPSA) is 65.5 Å². The molecular formula is C29H28F4N4O3S. The average molecular weight is 589 g/mol. The fourth-order valence-corrected chi connectivity index (χ4v) is 5.56. The Morgan fingerprint density at radius 1 is 1.02 bits per heavy atom. The molecule has 1 aromatic heterocycles. The molecule has 0 bridgehead atoms. The highest BCUT2D eigenvalue weighted by Gasteiger charge is 2.35. The summed E-state index contributed by atoms with van der Waals surface area (Å²) in [6, 6.07) is 13.1. The van der Waals surface area contributed by atoms with Crippen LogP contribution in [0.3, 0.4) is 0 Å². The zero-order valence-corrected chi connectivity index (χ0v) is 22.8. The van der Waals surface area contributed by atoms with Crippen molar-refractivity contribution >= 4 is 28.9 Å². The number of thiophene rings is 1. The largest absolute Gasteiger partial charge is 0.416 e. The first kappa shape index (κ1) is 28.9. The maximum atomic E-state index is 13.8. The maximum absolute atomic E-state index is 13.8. The monoisotopic (exact) mass is 588 g/mol. The van der Waals surface area contributed by atoms with E-state index >= 15 is 0 Å². The number of morpholine rings is 1. The number of amides is 2. The quantitative estimate of drug-likeness (QED) is 0.346. The molecule has 216 valence electrons. The summed E-state index contributed by atoms with van der Waals surface area (Å²) in [6.07, 6.45) is -4.12. The third-order valence-electron chi connectivity index (χ3n) is 7.09. The number of hydrogen-bond acceptors (Lipinski definition) is 6. The van der Waals surface area contributed by atoms with Crippen molar-refractivity contribution in [1.29, 1.82) is 0 Å². The maximum Gasteiger partial charge on any atom is 0.416 e. The molecule has 1 atom stereocenters. The third-order valence-corrected chi connectivity index (χ3v) is 8.01. The molecule has 0 N–H and O–H groups in total. The van der Waals surface area contributed by atoms with Crippen molar-refractivity contribution in [2.24, 2.45) is 5.10 Å².